The lowest BCUT2D eigenvalue weighted by atomic mass is 10.1. The first-order valence-electron chi connectivity index (χ1n) is 10.3. The Morgan fingerprint density at radius 1 is 0.906 bits per heavy atom. The Morgan fingerprint density at radius 2 is 1.59 bits per heavy atom. The molecule has 1 fully saturated rings. The van der Waals surface area contributed by atoms with E-state index in [1.54, 1.807) is 53.4 Å². The largest absolute Gasteiger partial charge is 0.328 e. The highest BCUT2D eigenvalue weighted by Crippen LogP contribution is 2.34. The van der Waals surface area contributed by atoms with E-state index in [2.05, 4.69) is 10.6 Å². The minimum Gasteiger partial charge on any atom is -0.328 e. The van der Waals surface area contributed by atoms with Crippen molar-refractivity contribution in [2.45, 2.75) is 22.7 Å². The molecule has 3 aromatic carbocycles. The zero-order chi connectivity index (χ0) is 22.3. The second kappa shape index (κ2) is 7.80. The molecule has 0 bridgehead atoms. The fourth-order valence-corrected chi connectivity index (χ4v) is 6.00. The quantitative estimate of drug-likeness (QED) is 0.643. The van der Waals surface area contributed by atoms with Gasteiger partial charge in [-0.3, -0.25) is 4.79 Å². The molecule has 0 aromatic heterocycles. The van der Waals surface area contributed by atoms with Crippen LogP contribution in [-0.4, -0.2) is 32.3 Å². The minimum absolute atomic E-state index is 0.114. The molecule has 2 unspecified atom stereocenters. The maximum absolute atomic E-state index is 13.5. The van der Waals surface area contributed by atoms with Crippen molar-refractivity contribution in [3.8, 4) is 0 Å². The van der Waals surface area contributed by atoms with E-state index in [0.717, 1.165) is 5.56 Å². The molecule has 0 radical (unpaired) electrons. The molecule has 3 aromatic rings. The van der Waals surface area contributed by atoms with Crippen molar-refractivity contribution >= 4 is 27.5 Å². The van der Waals surface area contributed by atoms with Gasteiger partial charge in [0.05, 0.1) is 10.9 Å². The number of benzene rings is 3. The molecule has 3 amide bonds. The molecule has 1 saturated heterocycles. The molecule has 162 valence electrons. The number of carbonyl (C=O) groups excluding carboxylic acids is 2. The van der Waals surface area contributed by atoms with Crippen molar-refractivity contribution in [2.75, 3.05) is 11.4 Å². The van der Waals surface area contributed by atoms with Crippen molar-refractivity contribution in [1.82, 2.24) is 10.6 Å². The third kappa shape index (κ3) is 3.42. The Bertz CT molecular complexity index is 1290. The molecule has 5 rings (SSSR count). The SMILES string of the molecule is O=C1NC(c2ccccc2)C(S(=O)(=O)c2ccc3c(c2)CCN3C(=O)c2ccccc2)N1. The topological polar surface area (TPSA) is 95.6 Å². The lowest BCUT2D eigenvalue weighted by Crippen LogP contribution is -2.36. The van der Waals surface area contributed by atoms with Crippen LogP contribution in [0.25, 0.3) is 0 Å². The summed E-state index contributed by atoms with van der Waals surface area (Å²) in [5.41, 5.74) is 2.80. The first-order chi connectivity index (χ1) is 15.4. The van der Waals surface area contributed by atoms with Gasteiger partial charge in [0.15, 0.2) is 5.37 Å². The van der Waals surface area contributed by atoms with Crippen LogP contribution in [0.4, 0.5) is 10.5 Å². The van der Waals surface area contributed by atoms with Crippen molar-refractivity contribution in [3.63, 3.8) is 0 Å². The summed E-state index contributed by atoms with van der Waals surface area (Å²) in [6.07, 6.45) is 0.564. The molecule has 2 atom stereocenters. The number of rotatable bonds is 4. The van der Waals surface area contributed by atoms with E-state index in [4.69, 9.17) is 0 Å². The van der Waals surface area contributed by atoms with Crippen molar-refractivity contribution < 1.29 is 18.0 Å². The number of anilines is 1. The predicted molar refractivity (Wildman–Crippen MR) is 120 cm³/mol. The van der Waals surface area contributed by atoms with Gasteiger partial charge in [0.1, 0.15) is 0 Å². The van der Waals surface area contributed by atoms with Crippen LogP contribution < -0.4 is 15.5 Å². The fraction of sp³-hybridized carbons (Fsp3) is 0.167. The number of fused-ring (bicyclic) bond motifs is 1. The summed E-state index contributed by atoms with van der Waals surface area (Å²) >= 11 is 0. The summed E-state index contributed by atoms with van der Waals surface area (Å²) in [5, 5.41) is 4.14. The summed E-state index contributed by atoms with van der Waals surface area (Å²) < 4.78 is 26.9. The standard InChI is InChI=1S/C24H21N3O4S/c28-23(17-9-5-2-6-10-17)27-14-13-18-15-19(11-12-20(18)27)32(30,31)22-21(25-24(29)26-22)16-7-3-1-4-8-16/h1-12,15,21-22H,13-14H2,(H2,25,26,29). The Labute approximate surface area is 186 Å². The number of hydrogen-bond donors (Lipinski definition) is 2. The third-order valence-corrected chi connectivity index (χ3v) is 7.87. The Hall–Kier alpha value is -3.65. The zero-order valence-electron chi connectivity index (χ0n) is 17.1. The molecule has 0 aliphatic carbocycles. The third-order valence-electron chi connectivity index (χ3n) is 5.90. The van der Waals surface area contributed by atoms with Crippen LogP contribution in [0.15, 0.2) is 83.8 Å². The van der Waals surface area contributed by atoms with Crippen molar-refractivity contribution in [3.05, 3.63) is 95.6 Å². The molecule has 0 saturated carbocycles. The number of sulfone groups is 1. The molecule has 2 N–H and O–H groups in total. The number of nitrogens with one attached hydrogen (secondary N) is 2. The van der Waals surface area contributed by atoms with Crippen LogP contribution in [0.3, 0.4) is 0 Å². The van der Waals surface area contributed by atoms with E-state index in [1.165, 1.54) is 6.07 Å². The van der Waals surface area contributed by atoms with Gasteiger partial charge in [-0.2, -0.15) is 0 Å². The van der Waals surface area contributed by atoms with Gasteiger partial charge in [0, 0.05) is 17.8 Å². The van der Waals surface area contributed by atoms with Crippen molar-refractivity contribution in [2.24, 2.45) is 0 Å². The highest BCUT2D eigenvalue weighted by molar-refractivity contribution is 7.92. The van der Waals surface area contributed by atoms with Crippen LogP contribution in [0.5, 0.6) is 0 Å². The zero-order valence-corrected chi connectivity index (χ0v) is 17.9. The molecular weight excluding hydrogens is 426 g/mol. The molecule has 2 heterocycles. The lowest BCUT2D eigenvalue weighted by molar-refractivity contribution is 0.0989. The van der Waals surface area contributed by atoms with Gasteiger partial charge in [0.25, 0.3) is 5.91 Å². The monoisotopic (exact) mass is 447 g/mol. The summed E-state index contributed by atoms with van der Waals surface area (Å²) in [5.74, 6) is -0.114. The van der Waals surface area contributed by atoms with Crippen LogP contribution in [0, 0.1) is 0 Å². The van der Waals surface area contributed by atoms with E-state index >= 15 is 0 Å². The maximum Gasteiger partial charge on any atom is 0.316 e. The number of carbonyl (C=O) groups is 2. The van der Waals surface area contributed by atoms with E-state index in [9.17, 15) is 18.0 Å². The Morgan fingerprint density at radius 3 is 2.31 bits per heavy atom. The average molecular weight is 448 g/mol. The normalized spacial score (nSPS) is 19.9. The van der Waals surface area contributed by atoms with Gasteiger partial charge in [-0.05, 0) is 47.9 Å². The smallest absolute Gasteiger partial charge is 0.316 e. The van der Waals surface area contributed by atoms with Gasteiger partial charge in [-0.25, -0.2) is 13.2 Å². The van der Waals surface area contributed by atoms with Crippen LogP contribution >= 0.6 is 0 Å². The summed E-state index contributed by atoms with van der Waals surface area (Å²) in [7, 11) is -3.88. The summed E-state index contributed by atoms with van der Waals surface area (Å²) in [6, 6.07) is 21.6. The highest BCUT2D eigenvalue weighted by Gasteiger charge is 2.43. The van der Waals surface area contributed by atoms with Crippen LogP contribution in [0.1, 0.15) is 27.5 Å². The highest BCUT2D eigenvalue weighted by atomic mass is 32.2. The number of urea groups is 1. The number of hydrogen-bond acceptors (Lipinski definition) is 4. The van der Waals surface area contributed by atoms with Crippen molar-refractivity contribution in [1.29, 1.82) is 0 Å². The van der Waals surface area contributed by atoms with Gasteiger partial charge >= 0.3 is 6.03 Å². The predicted octanol–water partition coefficient (Wildman–Crippen LogP) is 3.04. The molecular formula is C24H21N3O4S. The second-order valence-electron chi connectivity index (χ2n) is 7.84. The first-order valence-corrected chi connectivity index (χ1v) is 11.9. The maximum atomic E-state index is 13.5. The van der Waals surface area contributed by atoms with E-state index < -0.39 is 27.3 Å². The summed E-state index contributed by atoms with van der Waals surface area (Å²) in [4.78, 5) is 26.7. The first kappa shape index (κ1) is 20.3. The summed E-state index contributed by atoms with van der Waals surface area (Å²) in [6.45, 7) is 0.487. The molecule has 2 aliphatic heterocycles. The number of amides is 3. The average Bonchev–Trinajstić information content (AvgIpc) is 3.43. The van der Waals surface area contributed by atoms with Gasteiger partial charge in [-0.1, -0.05) is 48.5 Å². The van der Waals surface area contributed by atoms with Gasteiger partial charge in [-0.15, -0.1) is 0 Å². The minimum atomic E-state index is -3.88. The molecule has 7 nitrogen and oxygen atoms in total. The molecule has 32 heavy (non-hydrogen) atoms. The van der Waals surface area contributed by atoms with E-state index in [0.29, 0.717) is 29.8 Å². The number of nitrogens with zero attached hydrogens (tertiary/aromatic N) is 1. The molecule has 0 spiro atoms. The Kier molecular flexibility index (Phi) is 4.94. The van der Waals surface area contributed by atoms with E-state index in [-0.39, 0.29) is 10.8 Å². The fourth-order valence-electron chi connectivity index (χ4n) is 4.30. The van der Waals surface area contributed by atoms with Crippen LogP contribution in [0.2, 0.25) is 0 Å². The van der Waals surface area contributed by atoms with Gasteiger partial charge in [0.2, 0.25) is 9.84 Å². The second-order valence-corrected chi connectivity index (χ2v) is 9.90. The van der Waals surface area contributed by atoms with Crippen LogP contribution in [-0.2, 0) is 16.3 Å². The molecule has 2 aliphatic rings. The lowest BCUT2D eigenvalue weighted by Gasteiger charge is -2.20. The molecule has 8 heteroatoms. The van der Waals surface area contributed by atoms with Gasteiger partial charge < -0.3 is 15.5 Å². The van der Waals surface area contributed by atoms with E-state index in [1.807, 2.05) is 24.3 Å². The Balaban J connectivity index is 1.46.